The molecule has 124 valence electrons. The Balaban J connectivity index is 1.92. The number of nitrogens with zero attached hydrogens (tertiary/aromatic N) is 3. The summed E-state index contributed by atoms with van der Waals surface area (Å²) >= 11 is 0. The monoisotopic (exact) mass is 334 g/mol. The Bertz CT molecular complexity index is 820. The van der Waals surface area contributed by atoms with Crippen molar-refractivity contribution in [2.24, 2.45) is 0 Å². The molecule has 1 fully saturated rings. The lowest BCUT2D eigenvalue weighted by Crippen LogP contribution is -2.31. The number of aromatic nitrogens is 2. The van der Waals surface area contributed by atoms with Crippen molar-refractivity contribution in [1.29, 1.82) is 0 Å². The van der Waals surface area contributed by atoms with Gasteiger partial charge in [-0.05, 0) is 38.5 Å². The van der Waals surface area contributed by atoms with E-state index >= 15 is 0 Å². The summed E-state index contributed by atoms with van der Waals surface area (Å²) in [6.07, 6.45) is 3.78. The highest BCUT2D eigenvalue weighted by Crippen LogP contribution is 2.25. The Morgan fingerprint density at radius 1 is 1.30 bits per heavy atom. The van der Waals surface area contributed by atoms with E-state index in [2.05, 4.69) is 34.0 Å². The standard InChI is InChI=1S/C16H22N4O2S/c1-11(2)20-7-6-12(9-20)19-16-14-8-13(23(3,21)22)4-5-15(14)17-10-18-16/h4-5,8,10-12H,6-7,9H2,1-3H3,(H,17,18,19)/t12-/m0/s1. The molecule has 0 amide bonds. The molecule has 7 heteroatoms. The Labute approximate surface area is 136 Å². The number of fused-ring (bicyclic) bond motifs is 1. The highest BCUT2D eigenvalue weighted by molar-refractivity contribution is 7.90. The number of benzene rings is 1. The first-order valence-electron chi connectivity index (χ1n) is 7.80. The van der Waals surface area contributed by atoms with E-state index in [0.29, 0.717) is 17.9 Å². The van der Waals surface area contributed by atoms with Crippen molar-refractivity contribution < 1.29 is 8.42 Å². The van der Waals surface area contributed by atoms with Crippen LogP contribution in [0.4, 0.5) is 5.82 Å². The zero-order valence-corrected chi connectivity index (χ0v) is 14.5. The van der Waals surface area contributed by atoms with Gasteiger partial charge in [0.25, 0.3) is 0 Å². The second-order valence-electron chi connectivity index (χ2n) is 6.39. The number of likely N-dealkylation sites (tertiary alicyclic amines) is 1. The smallest absolute Gasteiger partial charge is 0.175 e. The second-order valence-corrected chi connectivity index (χ2v) is 8.41. The van der Waals surface area contributed by atoms with Crippen LogP contribution in [0.2, 0.25) is 0 Å². The Kier molecular flexibility index (Phi) is 4.25. The van der Waals surface area contributed by atoms with Crippen molar-refractivity contribution in [1.82, 2.24) is 14.9 Å². The van der Waals surface area contributed by atoms with E-state index in [0.717, 1.165) is 30.4 Å². The molecule has 3 rings (SSSR count). The molecule has 0 aliphatic carbocycles. The van der Waals surface area contributed by atoms with Crippen LogP contribution in [-0.2, 0) is 9.84 Å². The second kappa shape index (κ2) is 6.05. The fraction of sp³-hybridized carbons (Fsp3) is 0.500. The van der Waals surface area contributed by atoms with Gasteiger partial charge in [0, 0.05) is 36.8 Å². The lowest BCUT2D eigenvalue weighted by molar-refractivity contribution is 0.274. The van der Waals surface area contributed by atoms with Crippen molar-refractivity contribution in [3.63, 3.8) is 0 Å². The fourth-order valence-electron chi connectivity index (χ4n) is 2.95. The topological polar surface area (TPSA) is 75.2 Å². The van der Waals surface area contributed by atoms with Crippen LogP contribution in [0, 0.1) is 0 Å². The molecule has 0 saturated carbocycles. The summed E-state index contributed by atoms with van der Waals surface area (Å²) in [6, 6.07) is 5.82. The van der Waals surface area contributed by atoms with Crippen LogP contribution in [0.1, 0.15) is 20.3 Å². The summed E-state index contributed by atoms with van der Waals surface area (Å²) in [5.74, 6) is 0.705. The van der Waals surface area contributed by atoms with Crippen LogP contribution in [0.3, 0.4) is 0 Å². The number of sulfone groups is 1. The maximum atomic E-state index is 11.8. The first kappa shape index (κ1) is 16.1. The molecule has 0 spiro atoms. The molecule has 0 radical (unpaired) electrons. The highest BCUT2D eigenvalue weighted by atomic mass is 32.2. The first-order chi connectivity index (χ1) is 10.8. The minimum atomic E-state index is -3.25. The molecular weight excluding hydrogens is 312 g/mol. The molecule has 1 saturated heterocycles. The van der Waals surface area contributed by atoms with Gasteiger partial charge >= 0.3 is 0 Å². The third-order valence-corrected chi connectivity index (χ3v) is 5.44. The number of rotatable bonds is 4. The van der Waals surface area contributed by atoms with Gasteiger partial charge in [-0.2, -0.15) is 0 Å². The lowest BCUT2D eigenvalue weighted by atomic mass is 10.2. The summed E-state index contributed by atoms with van der Waals surface area (Å²) < 4.78 is 23.6. The van der Waals surface area contributed by atoms with E-state index in [-0.39, 0.29) is 4.90 Å². The van der Waals surface area contributed by atoms with E-state index in [1.807, 2.05) is 0 Å². The molecule has 1 aromatic carbocycles. The lowest BCUT2D eigenvalue weighted by Gasteiger charge is -2.21. The normalized spacial score (nSPS) is 19.6. The zero-order chi connectivity index (χ0) is 16.6. The minimum absolute atomic E-state index is 0.290. The van der Waals surface area contributed by atoms with Gasteiger partial charge in [0.2, 0.25) is 0 Å². The minimum Gasteiger partial charge on any atom is -0.365 e. The van der Waals surface area contributed by atoms with E-state index in [9.17, 15) is 8.42 Å². The largest absolute Gasteiger partial charge is 0.365 e. The third-order valence-electron chi connectivity index (χ3n) is 4.33. The number of nitrogens with one attached hydrogen (secondary N) is 1. The Hall–Kier alpha value is -1.73. The average molecular weight is 334 g/mol. The zero-order valence-electron chi connectivity index (χ0n) is 13.7. The van der Waals surface area contributed by atoms with E-state index in [1.54, 1.807) is 18.2 Å². The molecule has 1 aromatic heterocycles. The van der Waals surface area contributed by atoms with Gasteiger partial charge in [-0.25, -0.2) is 18.4 Å². The Morgan fingerprint density at radius 3 is 2.74 bits per heavy atom. The molecule has 1 atom stereocenters. The summed E-state index contributed by atoms with van der Waals surface area (Å²) in [5, 5.41) is 4.21. The van der Waals surface area contributed by atoms with E-state index in [1.165, 1.54) is 12.6 Å². The molecule has 1 N–H and O–H groups in total. The first-order valence-corrected chi connectivity index (χ1v) is 9.69. The van der Waals surface area contributed by atoms with Gasteiger partial charge < -0.3 is 5.32 Å². The fourth-order valence-corrected chi connectivity index (χ4v) is 3.60. The molecule has 2 aromatic rings. The SMILES string of the molecule is CC(C)N1CC[C@H](Nc2ncnc3ccc(S(C)(=O)=O)cc23)C1. The third kappa shape index (κ3) is 3.45. The molecule has 1 aliphatic rings. The Morgan fingerprint density at radius 2 is 2.09 bits per heavy atom. The van der Waals surface area contributed by atoms with Gasteiger partial charge in [-0.1, -0.05) is 0 Å². The molecular formula is C16H22N4O2S. The van der Waals surface area contributed by atoms with Gasteiger partial charge in [0.1, 0.15) is 12.1 Å². The van der Waals surface area contributed by atoms with Crippen molar-refractivity contribution in [3.05, 3.63) is 24.5 Å². The number of hydrogen-bond donors (Lipinski definition) is 1. The maximum Gasteiger partial charge on any atom is 0.175 e. The van der Waals surface area contributed by atoms with E-state index < -0.39 is 9.84 Å². The van der Waals surface area contributed by atoms with Crippen LogP contribution in [-0.4, -0.2) is 54.7 Å². The van der Waals surface area contributed by atoms with Crippen LogP contribution in [0.25, 0.3) is 10.9 Å². The predicted molar refractivity (Wildman–Crippen MR) is 91.4 cm³/mol. The van der Waals surface area contributed by atoms with Crippen molar-refractivity contribution in [3.8, 4) is 0 Å². The maximum absolute atomic E-state index is 11.8. The highest BCUT2D eigenvalue weighted by Gasteiger charge is 2.24. The van der Waals surface area contributed by atoms with Gasteiger partial charge in [0.05, 0.1) is 10.4 Å². The van der Waals surface area contributed by atoms with E-state index in [4.69, 9.17) is 0 Å². The summed E-state index contributed by atoms with van der Waals surface area (Å²) in [5.41, 5.74) is 0.744. The molecule has 2 heterocycles. The molecule has 6 nitrogen and oxygen atoms in total. The van der Waals surface area contributed by atoms with Crippen molar-refractivity contribution in [2.75, 3.05) is 24.7 Å². The van der Waals surface area contributed by atoms with Crippen molar-refractivity contribution >= 4 is 26.6 Å². The van der Waals surface area contributed by atoms with Gasteiger partial charge in [-0.3, -0.25) is 4.90 Å². The average Bonchev–Trinajstić information content (AvgIpc) is 2.95. The predicted octanol–water partition coefficient (Wildman–Crippen LogP) is 1.93. The van der Waals surface area contributed by atoms with Crippen LogP contribution in [0.15, 0.2) is 29.4 Å². The van der Waals surface area contributed by atoms with Crippen LogP contribution >= 0.6 is 0 Å². The summed E-state index contributed by atoms with van der Waals surface area (Å²) in [7, 11) is -3.25. The van der Waals surface area contributed by atoms with Crippen LogP contribution < -0.4 is 5.32 Å². The van der Waals surface area contributed by atoms with Gasteiger partial charge in [-0.15, -0.1) is 0 Å². The molecule has 23 heavy (non-hydrogen) atoms. The van der Waals surface area contributed by atoms with Crippen molar-refractivity contribution in [2.45, 2.75) is 37.2 Å². The van der Waals surface area contributed by atoms with Gasteiger partial charge in [0.15, 0.2) is 9.84 Å². The number of anilines is 1. The molecule has 0 unspecified atom stereocenters. The van der Waals surface area contributed by atoms with Crippen LogP contribution in [0.5, 0.6) is 0 Å². The summed E-state index contributed by atoms with van der Waals surface area (Å²) in [4.78, 5) is 11.3. The molecule has 0 bridgehead atoms. The number of hydrogen-bond acceptors (Lipinski definition) is 6. The quantitative estimate of drug-likeness (QED) is 0.921. The summed E-state index contributed by atoms with van der Waals surface area (Å²) in [6.45, 7) is 6.42. The molecule has 1 aliphatic heterocycles.